The Hall–Kier alpha value is -0.376. The molecule has 4 rings (SSSR count). The van der Waals surface area contributed by atoms with E-state index in [4.69, 9.17) is 9.47 Å². The number of ether oxygens (including phenoxy) is 2. The van der Waals surface area contributed by atoms with Gasteiger partial charge in [-0.05, 0) is 44.0 Å². The predicted molar refractivity (Wildman–Crippen MR) is 83.0 cm³/mol. The van der Waals surface area contributed by atoms with Gasteiger partial charge in [0, 0.05) is 50.9 Å². The van der Waals surface area contributed by atoms with Gasteiger partial charge in [-0.3, -0.25) is 0 Å². The van der Waals surface area contributed by atoms with E-state index in [2.05, 4.69) is 43.2 Å². The fourth-order valence-electron chi connectivity index (χ4n) is 4.24. The maximum Gasteiger partial charge on any atom is 0.128 e. The quantitative estimate of drug-likeness (QED) is 0.705. The Morgan fingerprint density at radius 1 is 1.36 bits per heavy atom. The molecule has 2 aliphatic heterocycles. The molecule has 0 saturated carbocycles. The van der Waals surface area contributed by atoms with Crippen molar-refractivity contribution in [2.24, 2.45) is 5.92 Å². The van der Waals surface area contributed by atoms with Gasteiger partial charge < -0.3 is 14.4 Å². The predicted octanol–water partition coefficient (Wildman–Crippen LogP) is 3.12. The fourth-order valence-corrected chi connectivity index (χ4v) is 4.24. The molecule has 0 N–H and O–H groups in total. The van der Waals surface area contributed by atoms with Crippen LogP contribution in [0.5, 0.6) is 11.5 Å². The Kier molecular flexibility index (Phi) is 4.44. The van der Waals surface area contributed by atoms with E-state index in [9.17, 15) is 0 Å². The molecule has 115 valence electrons. The van der Waals surface area contributed by atoms with Crippen molar-refractivity contribution in [3.8, 4) is 11.5 Å². The standard InChI is InChI=1S/C18H23NO2.Y/c1-12-4-5-18-6-7-19(2)11-13-9-14(20-3)10-15(17(13)18)21-16(18)8-12;/h4-5,9-10,12,16H,6-8,11H2,1-3H3;. The molecule has 0 saturated heterocycles. The molecule has 1 aliphatic carbocycles. The first-order valence-corrected chi connectivity index (χ1v) is 7.88. The summed E-state index contributed by atoms with van der Waals surface area (Å²) in [5.74, 6) is 2.55. The minimum Gasteiger partial charge on any atom is -0.497 e. The van der Waals surface area contributed by atoms with E-state index in [1.54, 1.807) is 7.11 Å². The van der Waals surface area contributed by atoms with Gasteiger partial charge in [-0.15, -0.1) is 0 Å². The van der Waals surface area contributed by atoms with Crippen molar-refractivity contribution < 1.29 is 42.2 Å². The van der Waals surface area contributed by atoms with Gasteiger partial charge in [0.25, 0.3) is 0 Å². The first kappa shape index (κ1) is 16.5. The first-order valence-electron chi connectivity index (χ1n) is 7.88. The second kappa shape index (κ2) is 5.92. The molecule has 3 unspecified atom stereocenters. The molecule has 0 fully saturated rings. The Morgan fingerprint density at radius 2 is 2.18 bits per heavy atom. The largest absolute Gasteiger partial charge is 0.497 e. The summed E-state index contributed by atoms with van der Waals surface area (Å²) < 4.78 is 11.9. The third-order valence-electron chi connectivity index (χ3n) is 5.36. The van der Waals surface area contributed by atoms with Crippen LogP contribution in [-0.2, 0) is 44.7 Å². The SMILES string of the molecule is COc1cc2c3c(c1)OC1CC(C)C=CC31CCN(C)C2.[Y]. The molecule has 1 radical (unpaired) electrons. The number of hydrogen-bond donors (Lipinski definition) is 0. The van der Waals surface area contributed by atoms with Crippen LogP contribution in [0.15, 0.2) is 24.3 Å². The minimum absolute atomic E-state index is 0. The molecule has 1 spiro atoms. The van der Waals surface area contributed by atoms with Crippen molar-refractivity contribution in [2.75, 3.05) is 20.7 Å². The summed E-state index contributed by atoms with van der Waals surface area (Å²) in [5.41, 5.74) is 2.86. The Morgan fingerprint density at radius 3 is 2.95 bits per heavy atom. The van der Waals surface area contributed by atoms with Crippen LogP contribution in [0.3, 0.4) is 0 Å². The van der Waals surface area contributed by atoms with Crippen molar-refractivity contribution in [1.29, 1.82) is 0 Å². The van der Waals surface area contributed by atoms with E-state index in [0.29, 0.717) is 5.92 Å². The van der Waals surface area contributed by atoms with Gasteiger partial charge in [0.05, 0.1) is 12.5 Å². The molecule has 0 aromatic heterocycles. The number of hydrogen-bond acceptors (Lipinski definition) is 3. The van der Waals surface area contributed by atoms with E-state index >= 15 is 0 Å². The van der Waals surface area contributed by atoms with Crippen LogP contribution < -0.4 is 9.47 Å². The van der Waals surface area contributed by atoms with E-state index < -0.39 is 0 Å². The van der Waals surface area contributed by atoms with Gasteiger partial charge in [-0.25, -0.2) is 0 Å². The Balaban J connectivity index is 0.00000144. The normalized spacial score (nSPS) is 32.3. The zero-order valence-electron chi connectivity index (χ0n) is 13.6. The van der Waals surface area contributed by atoms with Crippen LogP contribution >= 0.6 is 0 Å². The van der Waals surface area contributed by atoms with Crippen LogP contribution in [0.25, 0.3) is 0 Å². The van der Waals surface area contributed by atoms with E-state index in [-0.39, 0.29) is 44.2 Å². The fraction of sp³-hybridized carbons (Fsp3) is 0.556. The molecule has 2 heterocycles. The molecule has 22 heavy (non-hydrogen) atoms. The number of allylic oxidation sites excluding steroid dienone is 1. The van der Waals surface area contributed by atoms with Crippen LogP contribution in [0, 0.1) is 5.92 Å². The number of rotatable bonds is 1. The van der Waals surface area contributed by atoms with Crippen LogP contribution in [-0.4, -0.2) is 31.7 Å². The average molecular weight is 374 g/mol. The molecule has 0 bridgehead atoms. The van der Waals surface area contributed by atoms with Crippen molar-refractivity contribution in [3.63, 3.8) is 0 Å². The Labute approximate surface area is 157 Å². The van der Waals surface area contributed by atoms with E-state index in [1.165, 1.54) is 11.1 Å². The summed E-state index contributed by atoms with van der Waals surface area (Å²) in [6.45, 7) is 4.36. The molecular formula is C18H23NO2Y. The summed E-state index contributed by atoms with van der Waals surface area (Å²) >= 11 is 0. The number of nitrogens with zero attached hydrogens (tertiary/aromatic N) is 1. The van der Waals surface area contributed by atoms with Crippen LogP contribution in [0.2, 0.25) is 0 Å². The third-order valence-corrected chi connectivity index (χ3v) is 5.36. The molecular weight excluding hydrogens is 351 g/mol. The van der Waals surface area contributed by atoms with E-state index in [1.807, 2.05) is 0 Å². The van der Waals surface area contributed by atoms with Gasteiger partial charge >= 0.3 is 0 Å². The summed E-state index contributed by atoms with van der Waals surface area (Å²) in [5, 5.41) is 0. The van der Waals surface area contributed by atoms with Gasteiger partial charge in [0.15, 0.2) is 0 Å². The van der Waals surface area contributed by atoms with Crippen LogP contribution in [0.1, 0.15) is 30.9 Å². The number of methoxy groups -OCH3 is 1. The zero-order chi connectivity index (χ0) is 14.6. The molecule has 3 aliphatic rings. The number of benzene rings is 1. The monoisotopic (exact) mass is 374 g/mol. The van der Waals surface area contributed by atoms with Crippen molar-refractivity contribution >= 4 is 0 Å². The van der Waals surface area contributed by atoms with Crippen LogP contribution in [0.4, 0.5) is 0 Å². The van der Waals surface area contributed by atoms with Crippen molar-refractivity contribution in [1.82, 2.24) is 4.90 Å². The van der Waals surface area contributed by atoms with Gasteiger partial charge in [0.1, 0.15) is 17.6 Å². The summed E-state index contributed by atoms with van der Waals surface area (Å²) in [7, 11) is 3.93. The van der Waals surface area contributed by atoms with Gasteiger partial charge in [-0.1, -0.05) is 19.1 Å². The summed E-state index contributed by atoms with van der Waals surface area (Å²) in [6.07, 6.45) is 7.35. The molecule has 4 heteroatoms. The third kappa shape index (κ3) is 2.37. The summed E-state index contributed by atoms with van der Waals surface area (Å²) in [4.78, 5) is 2.41. The minimum atomic E-state index is 0. The molecule has 1 aromatic carbocycles. The molecule has 3 atom stereocenters. The smallest absolute Gasteiger partial charge is 0.128 e. The first-order chi connectivity index (χ1) is 10.1. The zero-order valence-corrected chi connectivity index (χ0v) is 16.5. The van der Waals surface area contributed by atoms with Crippen molar-refractivity contribution in [3.05, 3.63) is 35.4 Å². The second-order valence-electron chi connectivity index (χ2n) is 6.87. The summed E-state index contributed by atoms with van der Waals surface area (Å²) in [6, 6.07) is 4.27. The average Bonchev–Trinajstić information content (AvgIpc) is 2.70. The topological polar surface area (TPSA) is 21.7 Å². The van der Waals surface area contributed by atoms with E-state index in [0.717, 1.165) is 37.4 Å². The maximum atomic E-state index is 6.38. The maximum absolute atomic E-state index is 6.38. The Bertz CT molecular complexity index is 615. The molecule has 3 nitrogen and oxygen atoms in total. The second-order valence-corrected chi connectivity index (χ2v) is 6.87. The van der Waals surface area contributed by atoms with Gasteiger partial charge in [-0.2, -0.15) is 0 Å². The molecule has 1 aromatic rings. The van der Waals surface area contributed by atoms with Gasteiger partial charge in [0.2, 0.25) is 0 Å². The molecule has 0 amide bonds. The van der Waals surface area contributed by atoms with Crippen molar-refractivity contribution in [2.45, 2.75) is 37.8 Å².